The molecule has 278 valence electrons. The first-order valence-corrected chi connectivity index (χ1v) is 17.1. The molecule has 0 bridgehead atoms. The van der Waals surface area contributed by atoms with E-state index in [0.29, 0.717) is 29.9 Å². The fourth-order valence-electron chi connectivity index (χ4n) is 6.14. The van der Waals surface area contributed by atoms with E-state index in [0.717, 1.165) is 10.8 Å². The van der Waals surface area contributed by atoms with E-state index >= 15 is 0 Å². The summed E-state index contributed by atoms with van der Waals surface area (Å²) in [6.45, 7) is 2.85. The van der Waals surface area contributed by atoms with Gasteiger partial charge in [0.15, 0.2) is 0 Å². The Labute approximate surface area is 304 Å². The number of rotatable bonds is 15. The molecule has 6 amide bonds. The molecule has 1 aliphatic heterocycles. The van der Waals surface area contributed by atoms with E-state index in [2.05, 4.69) is 36.6 Å². The number of benzene rings is 2. The number of urea groups is 1. The van der Waals surface area contributed by atoms with Crippen LogP contribution in [0.3, 0.4) is 0 Å². The first-order valence-electron chi connectivity index (χ1n) is 17.1. The molecule has 0 saturated carbocycles. The van der Waals surface area contributed by atoms with Gasteiger partial charge in [0.2, 0.25) is 17.6 Å². The summed E-state index contributed by atoms with van der Waals surface area (Å²) in [5, 5.41) is 31.0. The van der Waals surface area contributed by atoms with Crippen LogP contribution < -0.4 is 27.0 Å². The quantitative estimate of drug-likeness (QED) is 0.0754. The Balaban J connectivity index is 1.25. The number of nitrogens with one attached hydrogen (secondary N) is 4. The molecule has 1 saturated heterocycles. The average Bonchev–Trinajstić information content (AvgIpc) is 3.82. The number of nitrogens with two attached hydrogens (primary N) is 1. The second kappa shape index (κ2) is 16.9. The molecule has 3 atom stereocenters. The summed E-state index contributed by atoms with van der Waals surface area (Å²) in [5.41, 5.74) is 4.67. The van der Waals surface area contributed by atoms with Gasteiger partial charge < -0.3 is 31.7 Å². The number of primary amides is 1. The normalized spacial score (nSPS) is 16.1. The van der Waals surface area contributed by atoms with E-state index in [9.17, 15) is 33.9 Å². The number of carbonyl (C=O) groups excluding carboxylic acids is 6. The Bertz CT molecular complexity index is 1980. The van der Waals surface area contributed by atoms with Crippen molar-refractivity contribution in [2.45, 2.75) is 63.3 Å². The van der Waals surface area contributed by atoms with Crippen LogP contribution in [0, 0.1) is 0 Å². The van der Waals surface area contributed by atoms with Crippen molar-refractivity contribution in [1.82, 2.24) is 40.8 Å². The molecule has 1 aliphatic rings. The van der Waals surface area contributed by atoms with Crippen molar-refractivity contribution >= 4 is 52.0 Å². The lowest BCUT2D eigenvalue weighted by atomic mass is 10.0. The zero-order valence-corrected chi connectivity index (χ0v) is 29.3. The fourth-order valence-corrected chi connectivity index (χ4v) is 6.14. The summed E-state index contributed by atoms with van der Waals surface area (Å²) in [6, 6.07) is 14.2. The van der Waals surface area contributed by atoms with Gasteiger partial charge in [0, 0.05) is 31.3 Å². The van der Waals surface area contributed by atoms with Crippen molar-refractivity contribution in [2.24, 2.45) is 5.73 Å². The maximum absolute atomic E-state index is 13.9. The van der Waals surface area contributed by atoms with E-state index in [1.54, 1.807) is 50.2 Å². The van der Waals surface area contributed by atoms with Crippen LogP contribution in [0.5, 0.6) is 0 Å². The molecule has 17 nitrogen and oxygen atoms in total. The van der Waals surface area contributed by atoms with Gasteiger partial charge in [-0.15, -0.1) is 5.10 Å². The SMILES string of the molecule is CC(C)(O)c1cnnn1[C@H]1C[C@@H](C(=O)NC(CCCCNC(=O)Nc2ccccn2)C(=O)C(N)=O)N(C(=O)CNC(=O)c2ccc3ccccc3c2)C1. The molecule has 0 aliphatic carbocycles. The highest BCUT2D eigenvalue weighted by molar-refractivity contribution is 6.37. The predicted molar refractivity (Wildman–Crippen MR) is 192 cm³/mol. The molecule has 4 aromatic rings. The summed E-state index contributed by atoms with van der Waals surface area (Å²) in [6.07, 6.45) is 3.69. The number of hydrogen-bond acceptors (Lipinski definition) is 10. The summed E-state index contributed by atoms with van der Waals surface area (Å²) < 4.78 is 1.45. The third kappa shape index (κ3) is 9.76. The smallest absolute Gasteiger partial charge is 0.320 e. The zero-order chi connectivity index (χ0) is 38.1. The van der Waals surface area contributed by atoms with Gasteiger partial charge in [-0.05, 0) is 68.1 Å². The molecule has 1 fully saturated rings. The third-order valence-electron chi connectivity index (χ3n) is 8.85. The lowest BCUT2D eigenvalue weighted by Gasteiger charge is -2.26. The lowest BCUT2D eigenvalue weighted by Crippen LogP contribution is -2.53. The number of aliphatic hydroxyl groups is 1. The first-order chi connectivity index (χ1) is 25.3. The number of pyridine rings is 1. The number of carbonyl (C=O) groups is 6. The topological polar surface area (TPSA) is 244 Å². The van der Waals surface area contributed by atoms with Crippen molar-refractivity contribution in [3.8, 4) is 0 Å². The van der Waals surface area contributed by atoms with Crippen molar-refractivity contribution in [1.29, 1.82) is 0 Å². The molecular weight excluding hydrogens is 684 g/mol. The minimum atomic E-state index is -1.35. The molecule has 2 aromatic heterocycles. The fraction of sp³-hybridized carbons (Fsp3) is 0.361. The second-order valence-electron chi connectivity index (χ2n) is 13.2. The van der Waals surface area contributed by atoms with Crippen LogP contribution in [0.4, 0.5) is 10.6 Å². The number of likely N-dealkylation sites (tertiary alicyclic amines) is 1. The zero-order valence-electron chi connectivity index (χ0n) is 29.3. The molecule has 3 heterocycles. The van der Waals surface area contributed by atoms with Crippen LogP contribution >= 0.6 is 0 Å². The Morgan fingerprint density at radius 2 is 1.74 bits per heavy atom. The molecule has 5 rings (SSSR count). The number of nitrogens with zero attached hydrogens (tertiary/aromatic N) is 5. The van der Waals surface area contributed by atoms with Crippen LogP contribution in [-0.2, 0) is 24.8 Å². The molecular formula is C36H42N10O7. The Morgan fingerprint density at radius 3 is 2.45 bits per heavy atom. The summed E-state index contributed by atoms with van der Waals surface area (Å²) in [7, 11) is 0. The van der Waals surface area contributed by atoms with E-state index in [1.165, 1.54) is 22.0 Å². The molecule has 0 spiro atoms. The number of anilines is 1. The third-order valence-corrected chi connectivity index (χ3v) is 8.85. The Hall–Kier alpha value is -6.23. The lowest BCUT2D eigenvalue weighted by molar-refractivity contribution is -0.141. The van der Waals surface area contributed by atoms with Gasteiger partial charge >= 0.3 is 6.03 Å². The minimum absolute atomic E-state index is 0.0227. The molecule has 1 unspecified atom stereocenters. The van der Waals surface area contributed by atoms with Crippen LogP contribution in [0.25, 0.3) is 10.8 Å². The summed E-state index contributed by atoms with van der Waals surface area (Å²) >= 11 is 0. The van der Waals surface area contributed by atoms with Gasteiger partial charge in [0.25, 0.3) is 11.8 Å². The van der Waals surface area contributed by atoms with Crippen LogP contribution in [0.15, 0.2) is 73.1 Å². The highest BCUT2D eigenvalue weighted by atomic mass is 16.3. The maximum atomic E-state index is 13.9. The van der Waals surface area contributed by atoms with E-state index in [-0.39, 0.29) is 25.9 Å². The number of amides is 6. The summed E-state index contributed by atoms with van der Waals surface area (Å²) in [5.74, 6) is -3.69. The highest BCUT2D eigenvalue weighted by Crippen LogP contribution is 2.31. The highest BCUT2D eigenvalue weighted by Gasteiger charge is 2.43. The molecule has 53 heavy (non-hydrogen) atoms. The molecule has 2 aromatic carbocycles. The van der Waals surface area contributed by atoms with Crippen molar-refractivity contribution in [3.05, 3.63) is 84.3 Å². The first kappa shape index (κ1) is 38.0. The number of ketones is 1. The van der Waals surface area contributed by atoms with Crippen LogP contribution in [0.1, 0.15) is 61.6 Å². The number of unbranched alkanes of at least 4 members (excludes halogenated alkanes) is 1. The van der Waals surface area contributed by atoms with Crippen LogP contribution in [0.2, 0.25) is 0 Å². The monoisotopic (exact) mass is 726 g/mol. The molecule has 0 radical (unpaired) electrons. The predicted octanol–water partition coefficient (Wildman–Crippen LogP) is 1.16. The number of hydrogen-bond donors (Lipinski definition) is 6. The van der Waals surface area contributed by atoms with Gasteiger partial charge in [-0.2, -0.15) is 0 Å². The molecule has 7 N–H and O–H groups in total. The Morgan fingerprint density at radius 1 is 0.981 bits per heavy atom. The second-order valence-corrected chi connectivity index (χ2v) is 13.2. The van der Waals surface area contributed by atoms with Gasteiger partial charge in [0.1, 0.15) is 17.5 Å². The number of aromatic nitrogens is 4. The van der Waals surface area contributed by atoms with Gasteiger partial charge in [0.05, 0.1) is 30.5 Å². The largest absolute Gasteiger partial charge is 0.384 e. The Kier molecular flexibility index (Phi) is 12.1. The van der Waals surface area contributed by atoms with Crippen molar-refractivity contribution in [2.75, 3.05) is 25.0 Å². The van der Waals surface area contributed by atoms with Crippen molar-refractivity contribution < 1.29 is 33.9 Å². The molecule has 17 heteroatoms. The number of fused-ring (bicyclic) bond motifs is 1. The average molecular weight is 727 g/mol. The van der Waals surface area contributed by atoms with Gasteiger partial charge in [-0.3, -0.25) is 29.3 Å². The van der Waals surface area contributed by atoms with E-state index in [1.807, 2.05) is 24.3 Å². The maximum Gasteiger partial charge on any atom is 0.320 e. The van der Waals surface area contributed by atoms with E-state index in [4.69, 9.17) is 5.73 Å². The van der Waals surface area contributed by atoms with Crippen LogP contribution in [-0.4, -0.2) is 97.1 Å². The minimum Gasteiger partial charge on any atom is -0.384 e. The van der Waals surface area contributed by atoms with Gasteiger partial charge in [-0.25, -0.2) is 14.5 Å². The standard InChI is InChI=1S/C36H42N10O7/c1-36(2,53)28-19-41-44-46(28)25-18-27(45(21-25)30(47)20-40-33(50)24-14-13-22-9-3-4-10-23(22)17-24)34(51)42-26(31(48)32(37)49)11-5-7-16-39-35(52)43-29-12-6-8-15-38-29/h3-4,6,8-10,12-15,17,19,25-27,53H,5,7,11,16,18,20-21H2,1-2H3,(H2,37,49)(H,40,50)(H,42,51)(H2,38,39,43,52)/t25-,26?,27-/m0/s1. The van der Waals surface area contributed by atoms with Gasteiger partial charge in [-0.1, -0.05) is 41.6 Å². The summed E-state index contributed by atoms with van der Waals surface area (Å²) in [4.78, 5) is 82.9. The van der Waals surface area contributed by atoms with E-state index < -0.39 is 65.7 Å². The number of Topliss-reactive ketones (excluding diaryl/α,β-unsaturated/α-hetero) is 1. The van der Waals surface area contributed by atoms with Crippen molar-refractivity contribution in [3.63, 3.8) is 0 Å².